The van der Waals surface area contributed by atoms with E-state index in [1.165, 1.54) is 0 Å². The lowest BCUT2D eigenvalue weighted by Crippen LogP contribution is -2.08. The van der Waals surface area contributed by atoms with Crippen molar-refractivity contribution >= 4 is 5.91 Å². The molecule has 0 spiro atoms. The number of aryl methyl sites for hydroxylation is 1. The summed E-state index contributed by atoms with van der Waals surface area (Å²) in [6, 6.07) is 5.27. The van der Waals surface area contributed by atoms with Crippen molar-refractivity contribution in [3.05, 3.63) is 29.3 Å². The SMILES string of the molecule is Cc1cccc(C#CCC(N)=O)c1O. The summed E-state index contributed by atoms with van der Waals surface area (Å²) in [5.41, 5.74) is 6.20. The van der Waals surface area contributed by atoms with E-state index in [4.69, 9.17) is 5.73 Å². The number of phenols is 1. The number of amides is 1. The van der Waals surface area contributed by atoms with Crippen molar-refractivity contribution in [2.24, 2.45) is 5.73 Å². The molecule has 1 rings (SSSR count). The molecule has 0 aliphatic carbocycles. The standard InChI is InChI=1S/C11H11NO2/c1-8-4-2-5-9(11(8)14)6-3-7-10(12)13/h2,4-5,14H,7H2,1H3,(H2,12,13). The largest absolute Gasteiger partial charge is 0.506 e. The van der Waals surface area contributed by atoms with E-state index in [0.29, 0.717) is 5.56 Å². The Morgan fingerprint density at radius 1 is 1.57 bits per heavy atom. The maximum absolute atomic E-state index is 10.4. The van der Waals surface area contributed by atoms with Crippen molar-refractivity contribution in [3.63, 3.8) is 0 Å². The average molecular weight is 189 g/mol. The molecule has 0 fully saturated rings. The van der Waals surface area contributed by atoms with Crippen LogP contribution in [0.5, 0.6) is 5.75 Å². The van der Waals surface area contributed by atoms with Gasteiger partial charge in [-0.15, -0.1) is 0 Å². The highest BCUT2D eigenvalue weighted by Crippen LogP contribution is 2.19. The minimum absolute atomic E-state index is 0.00732. The fourth-order valence-electron chi connectivity index (χ4n) is 0.986. The molecule has 0 aliphatic heterocycles. The van der Waals surface area contributed by atoms with Crippen LogP contribution in [0.2, 0.25) is 0 Å². The predicted octanol–water partition coefficient (Wildman–Crippen LogP) is 0.928. The van der Waals surface area contributed by atoms with Crippen LogP contribution in [0.15, 0.2) is 18.2 Å². The number of nitrogens with two attached hydrogens (primary N) is 1. The van der Waals surface area contributed by atoms with Crippen LogP contribution >= 0.6 is 0 Å². The van der Waals surface area contributed by atoms with Gasteiger partial charge in [0.1, 0.15) is 5.75 Å². The normalized spacial score (nSPS) is 8.93. The van der Waals surface area contributed by atoms with E-state index in [0.717, 1.165) is 5.56 Å². The fourth-order valence-corrected chi connectivity index (χ4v) is 0.986. The third-order valence-corrected chi connectivity index (χ3v) is 1.72. The van der Waals surface area contributed by atoms with Crippen LogP contribution in [0, 0.1) is 18.8 Å². The first kappa shape index (κ1) is 10.1. The van der Waals surface area contributed by atoms with Gasteiger partial charge in [-0.25, -0.2) is 0 Å². The van der Waals surface area contributed by atoms with Gasteiger partial charge in [0.15, 0.2) is 0 Å². The van der Waals surface area contributed by atoms with Gasteiger partial charge in [0.2, 0.25) is 5.91 Å². The zero-order valence-corrected chi connectivity index (χ0v) is 7.87. The monoisotopic (exact) mass is 189 g/mol. The van der Waals surface area contributed by atoms with Gasteiger partial charge in [-0.3, -0.25) is 4.79 Å². The Balaban J connectivity index is 2.90. The number of para-hydroxylation sites is 1. The highest BCUT2D eigenvalue weighted by atomic mass is 16.3. The summed E-state index contributed by atoms with van der Waals surface area (Å²) in [5.74, 6) is 4.96. The zero-order valence-electron chi connectivity index (χ0n) is 7.87. The van der Waals surface area contributed by atoms with E-state index in [9.17, 15) is 9.90 Å². The maximum atomic E-state index is 10.4. The molecule has 3 nitrogen and oxygen atoms in total. The van der Waals surface area contributed by atoms with Crippen molar-refractivity contribution in [2.75, 3.05) is 0 Å². The molecule has 3 N–H and O–H groups in total. The first-order chi connectivity index (χ1) is 6.61. The van der Waals surface area contributed by atoms with Gasteiger partial charge in [-0.2, -0.15) is 0 Å². The molecule has 1 aromatic carbocycles. The Morgan fingerprint density at radius 2 is 2.29 bits per heavy atom. The first-order valence-electron chi connectivity index (χ1n) is 4.17. The van der Waals surface area contributed by atoms with Crippen LogP contribution < -0.4 is 5.73 Å². The summed E-state index contributed by atoms with van der Waals surface area (Å²) in [6.45, 7) is 1.79. The molecule has 0 radical (unpaired) electrons. The number of hydrogen-bond acceptors (Lipinski definition) is 2. The Hall–Kier alpha value is -1.95. The van der Waals surface area contributed by atoms with Gasteiger partial charge >= 0.3 is 0 Å². The minimum Gasteiger partial charge on any atom is -0.506 e. The Bertz CT molecular complexity index is 413. The number of benzene rings is 1. The number of rotatable bonds is 1. The predicted molar refractivity (Wildman–Crippen MR) is 53.5 cm³/mol. The maximum Gasteiger partial charge on any atom is 0.229 e. The molecule has 0 heterocycles. The Morgan fingerprint density at radius 3 is 2.93 bits per heavy atom. The molecule has 0 atom stereocenters. The van der Waals surface area contributed by atoms with Crippen molar-refractivity contribution in [1.82, 2.24) is 0 Å². The van der Waals surface area contributed by atoms with E-state index >= 15 is 0 Å². The van der Waals surface area contributed by atoms with E-state index < -0.39 is 5.91 Å². The molecular formula is C11H11NO2. The molecule has 0 saturated carbocycles. The van der Waals surface area contributed by atoms with Crippen molar-refractivity contribution in [1.29, 1.82) is 0 Å². The minimum atomic E-state index is -0.468. The Kier molecular flexibility index (Phi) is 3.14. The van der Waals surface area contributed by atoms with E-state index in [1.54, 1.807) is 25.1 Å². The second-order valence-electron chi connectivity index (χ2n) is 2.92. The van der Waals surface area contributed by atoms with Crippen LogP contribution in [-0.4, -0.2) is 11.0 Å². The highest BCUT2D eigenvalue weighted by molar-refractivity contribution is 5.76. The second kappa shape index (κ2) is 4.33. The molecule has 3 heteroatoms. The summed E-state index contributed by atoms with van der Waals surface area (Å²) in [5, 5.41) is 9.54. The molecule has 1 aromatic rings. The molecule has 0 aliphatic rings. The smallest absolute Gasteiger partial charge is 0.229 e. The quantitative estimate of drug-likeness (QED) is 0.645. The van der Waals surface area contributed by atoms with Crippen LogP contribution in [0.4, 0.5) is 0 Å². The van der Waals surface area contributed by atoms with Gasteiger partial charge in [0, 0.05) is 0 Å². The molecule has 0 unspecified atom stereocenters. The molecule has 0 aromatic heterocycles. The summed E-state index contributed by atoms with van der Waals surface area (Å²) in [7, 11) is 0. The fraction of sp³-hybridized carbons (Fsp3) is 0.182. The summed E-state index contributed by atoms with van der Waals surface area (Å²) in [4.78, 5) is 10.4. The molecule has 0 bridgehead atoms. The average Bonchev–Trinajstić information content (AvgIpc) is 2.12. The lowest BCUT2D eigenvalue weighted by Gasteiger charge is -1.99. The summed E-state index contributed by atoms with van der Waals surface area (Å²) < 4.78 is 0. The lowest BCUT2D eigenvalue weighted by atomic mass is 10.1. The summed E-state index contributed by atoms with van der Waals surface area (Å²) >= 11 is 0. The molecule has 72 valence electrons. The van der Waals surface area contributed by atoms with Crippen LogP contribution in [-0.2, 0) is 4.79 Å². The first-order valence-corrected chi connectivity index (χ1v) is 4.17. The van der Waals surface area contributed by atoms with Gasteiger partial charge in [0.25, 0.3) is 0 Å². The van der Waals surface area contributed by atoms with Crippen molar-refractivity contribution < 1.29 is 9.90 Å². The topological polar surface area (TPSA) is 63.3 Å². The van der Waals surface area contributed by atoms with Gasteiger partial charge in [-0.1, -0.05) is 24.0 Å². The van der Waals surface area contributed by atoms with Crippen LogP contribution in [0.25, 0.3) is 0 Å². The Labute approximate surface area is 82.6 Å². The number of aromatic hydroxyl groups is 1. The summed E-state index contributed by atoms with van der Waals surface area (Å²) in [6.07, 6.45) is 0.00732. The highest BCUT2D eigenvalue weighted by Gasteiger charge is 1.99. The number of carbonyl (C=O) groups is 1. The number of hydrogen-bond donors (Lipinski definition) is 2. The lowest BCUT2D eigenvalue weighted by molar-refractivity contribution is -0.117. The van der Waals surface area contributed by atoms with Crippen LogP contribution in [0.1, 0.15) is 17.5 Å². The van der Waals surface area contributed by atoms with Crippen LogP contribution in [0.3, 0.4) is 0 Å². The van der Waals surface area contributed by atoms with E-state index in [-0.39, 0.29) is 12.2 Å². The van der Waals surface area contributed by atoms with Gasteiger partial charge < -0.3 is 10.8 Å². The van der Waals surface area contributed by atoms with Gasteiger partial charge in [0.05, 0.1) is 12.0 Å². The zero-order chi connectivity index (χ0) is 10.6. The van der Waals surface area contributed by atoms with Crippen molar-refractivity contribution in [3.8, 4) is 17.6 Å². The third-order valence-electron chi connectivity index (χ3n) is 1.72. The second-order valence-corrected chi connectivity index (χ2v) is 2.92. The van der Waals surface area contributed by atoms with E-state index in [1.807, 2.05) is 0 Å². The number of phenolic OH excluding ortho intramolecular Hbond substituents is 1. The van der Waals surface area contributed by atoms with E-state index in [2.05, 4.69) is 11.8 Å². The van der Waals surface area contributed by atoms with Crippen molar-refractivity contribution in [2.45, 2.75) is 13.3 Å². The number of carbonyl (C=O) groups excluding carboxylic acids is 1. The molecule has 1 amide bonds. The molecule has 14 heavy (non-hydrogen) atoms. The number of primary amides is 1. The molecular weight excluding hydrogens is 178 g/mol. The molecule has 0 saturated heterocycles. The third kappa shape index (κ3) is 2.53. The van der Waals surface area contributed by atoms with Gasteiger partial charge in [-0.05, 0) is 18.6 Å².